The van der Waals surface area contributed by atoms with Gasteiger partial charge in [0.05, 0.1) is 0 Å². The number of aromatic nitrogens is 3. The Balaban J connectivity index is 2.20. The van der Waals surface area contributed by atoms with E-state index in [-0.39, 0.29) is 5.84 Å². The van der Waals surface area contributed by atoms with Gasteiger partial charge in [-0.1, -0.05) is 23.0 Å². The smallest absolute Gasteiger partial charge is 0.208 e. The summed E-state index contributed by atoms with van der Waals surface area (Å²) in [5.74, 6) is 0.645. The third kappa shape index (κ3) is 3.22. The number of rotatable bonds is 4. The van der Waals surface area contributed by atoms with E-state index in [1.165, 1.54) is 23.9 Å². The highest BCUT2D eigenvalue weighted by atomic mass is 32.2. The number of hydrogen-bond acceptors (Lipinski definition) is 5. The minimum absolute atomic E-state index is 0.124. The average molecular weight is 281 g/mol. The van der Waals surface area contributed by atoms with Gasteiger partial charge in [-0.05, 0) is 24.6 Å². The molecule has 1 heterocycles. The molecule has 4 N–H and O–H groups in total. The van der Waals surface area contributed by atoms with Gasteiger partial charge in [0.25, 0.3) is 0 Å². The number of oxime groups is 1. The van der Waals surface area contributed by atoms with E-state index in [0.717, 1.165) is 11.4 Å². The normalized spacial score (nSPS) is 11.8. The van der Waals surface area contributed by atoms with Crippen LogP contribution in [0.25, 0.3) is 0 Å². The second-order valence-corrected chi connectivity index (χ2v) is 4.72. The number of nitrogens with zero attached hydrogens (tertiary/aromatic N) is 3. The van der Waals surface area contributed by atoms with Crippen molar-refractivity contribution >= 4 is 17.6 Å². The number of aromatic amines is 1. The van der Waals surface area contributed by atoms with E-state index in [2.05, 4.69) is 20.3 Å². The lowest BCUT2D eigenvalue weighted by Gasteiger charge is -2.07. The number of halogens is 1. The molecule has 0 aliphatic carbocycles. The molecule has 6 nitrogen and oxygen atoms in total. The molecule has 0 aliphatic rings. The van der Waals surface area contributed by atoms with Crippen molar-refractivity contribution in [3.63, 3.8) is 0 Å². The van der Waals surface area contributed by atoms with Crippen LogP contribution in [0.4, 0.5) is 4.39 Å². The predicted octanol–water partition coefficient (Wildman–Crippen LogP) is 1.64. The molecule has 0 atom stereocenters. The van der Waals surface area contributed by atoms with Crippen LogP contribution in [0, 0.1) is 12.7 Å². The van der Waals surface area contributed by atoms with Crippen LogP contribution in [0.5, 0.6) is 0 Å². The highest BCUT2D eigenvalue weighted by Gasteiger charge is 2.10. The maximum Gasteiger partial charge on any atom is 0.208 e. The van der Waals surface area contributed by atoms with Crippen LogP contribution in [0.15, 0.2) is 28.5 Å². The van der Waals surface area contributed by atoms with Gasteiger partial charge in [0.15, 0.2) is 5.84 Å². The van der Waals surface area contributed by atoms with Crippen molar-refractivity contribution in [1.82, 2.24) is 15.2 Å². The Labute approximate surface area is 112 Å². The summed E-state index contributed by atoms with van der Waals surface area (Å²) in [6.45, 7) is 1.80. The van der Waals surface area contributed by atoms with Gasteiger partial charge in [-0.3, -0.25) is 5.10 Å². The molecule has 0 saturated carbocycles. The molecule has 0 unspecified atom stereocenters. The number of aryl methyl sites for hydroxylation is 1. The van der Waals surface area contributed by atoms with Crippen LogP contribution in [-0.2, 0) is 5.75 Å². The summed E-state index contributed by atoms with van der Waals surface area (Å²) in [4.78, 5) is 4.15. The minimum atomic E-state index is -0.441. The van der Waals surface area contributed by atoms with Crippen LogP contribution in [0.1, 0.15) is 17.0 Å². The van der Waals surface area contributed by atoms with Crippen molar-refractivity contribution in [2.75, 3.05) is 0 Å². The van der Waals surface area contributed by atoms with E-state index >= 15 is 0 Å². The highest BCUT2D eigenvalue weighted by Crippen LogP contribution is 2.22. The second-order valence-electron chi connectivity index (χ2n) is 3.78. The maximum absolute atomic E-state index is 13.2. The first-order valence-electron chi connectivity index (χ1n) is 5.38. The van der Waals surface area contributed by atoms with Gasteiger partial charge >= 0.3 is 0 Å². The fourth-order valence-electron chi connectivity index (χ4n) is 1.50. The molecule has 1 aromatic carbocycles. The Kier molecular flexibility index (Phi) is 4.00. The summed E-state index contributed by atoms with van der Waals surface area (Å²) in [6.07, 6.45) is 0. The van der Waals surface area contributed by atoms with E-state index in [1.807, 2.05) is 0 Å². The number of hydrogen-bond donors (Lipinski definition) is 3. The molecule has 0 radical (unpaired) electrons. The lowest BCUT2D eigenvalue weighted by atomic mass is 10.1. The number of benzene rings is 1. The minimum Gasteiger partial charge on any atom is -0.409 e. The molecule has 0 aliphatic heterocycles. The Bertz CT molecular complexity index is 613. The molecule has 0 saturated heterocycles. The van der Waals surface area contributed by atoms with Crippen molar-refractivity contribution in [2.45, 2.75) is 17.8 Å². The van der Waals surface area contributed by atoms with Gasteiger partial charge in [0.1, 0.15) is 11.6 Å². The summed E-state index contributed by atoms with van der Waals surface area (Å²) in [5.41, 5.74) is 6.63. The monoisotopic (exact) mass is 281 g/mol. The van der Waals surface area contributed by atoms with Crippen LogP contribution >= 0.6 is 11.8 Å². The first-order chi connectivity index (χ1) is 9.10. The van der Waals surface area contributed by atoms with E-state index in [9.17, 15) is 4.39 Å². The van der Waals surface area contributed by atoms with Gasteiger partial charge in [-0.2, -0.15) is 0 Å². The Hall–Kier alpha value is -2.09. The fourth-order valence-corrected chi connectivity index (χ4v) is 2.34. The lowest BCUT2D eigenvalue weighted by Crippen LogP contribution is -2.15. The van der Waals surface area contributed by atoms with E-state index in [4.69, 9.17) is 10.9 Å². The molecular weight excluding hydrogens is 269 g/mol. The molecule has 0 spiro atoms. The predicted molar refractivity (Wildman–Crippen MR) is 69.6 cm³/mol. The average Bonchev–Trinajstić information content (AvgIpc) is 2.82. The molecule has 2 rings (SSSR count). The van der Waals surface area contributed by atoms with Gasteiger partial charge in [-0.15, -0.1) is 5.10 Å². The molecule has 100 valence electrons. The molecule has 1 aromatic heterocycles. The fraction of sp³-hybridized carbons (Fsp3) is 0.182. The Morgan fingerprint density at radius 1 is 1.58 bits per heavy atom. The van der Waals surface area contributed by atoms with Crippen molar-refractivity contribution in [1.29, 1.82) is 0 Å². The number of nitrogens with one attached hydrogen (secondary N) is 1. The zero-order valence-corrected chi connectivity index (χ0v) is 10.9. The SMILES string of the molecule is Cc1nc(SCc2ccc(F)cc2C(N)=NO)n[nH]1. The molecule has 2 aromatic rings. The summed E-state index contributed by atoms with van der Waals surface area (Å²) in [7, 11) is 0. The van der Waals surface area contributed by atoms with Crippen LogP contribution in [0.3, 0.4) is 0 Å². The van der Waals surface area contributed by atoms with E-state index in [1.54, 1.807) is 13.0 Å². The number of nitrogens with two attached hydrogens (primary N) is 1. The van der Waals surface area contributed by atoms with Gasteiger partial charge in [0, 0.05) is 11.3 Å². The number of H-pyrrole nitrogens is 1. The van der Waals surface area contributed by atoms with Gasteiger partial charge in [-0.25, -0.2) is 9.37 Å². The first kappa shape index (κ1) is 13.3. The molecule has 8 heteroatoms. The summed E-state index contributed by atoms with van der Waals surface area (Å²) < 4.78 is 13.2. The third-order valence-electron chi connectivity index (χ3n) is 2.39. The van der Waals surface area contributed by atoms with E-state index in [0.29, 0.717) is 16.5 Å². The number of thioether (sulfide) groups is 1. The maximum atomic E-state index is 13.2. The molecular formula is C11H12FN5OS. The standard InChI is InChI=1S/C11H12FN5OS/c1-6-14-11(16-15-6)19-5-7-2-3-8(12)4-9(7)10(13)17-18/h2-4,18H,5H2,1H3,(H2,13,17)(H,14,15,16). The topological polar surface area (TPSA) is 100 Å². The van der Waals surface area contributed by atoms with Gasteiger partial charge in [0.2, 0.25) is 5.16 Å². The number of amidine groups is 1. The molecule has 0 fully saturated rings. The Morgan fingerprint density at radius 2 is 2.37 bits per heavy atom. The molecule has 0 bridgehead atoms. The van der Waals surface area contributed by atoms with Crippen molar-refractivity contribution in [3.8, 4) is 0 Å². The van der Waals surface area contributed by atoms with Crippen LogP contribution in [0.2, 0.25) is 0 Å². The van der Waals surface area contributed by atoms with Crippen LogP contribution < -0.4 is 5.73 Å². The zero-order valence-electron chi connectivity index (χ0n) is 10.1. The van der Waals surface area contributed by atoms with Crippen molar-refractivity contribution < 1.29 is 9.60 Å². The molecule has 0 amide bonds. The summed E-state index contributed by atoms with van der Waals surface area (Å²) in [5, 5.41) is 18.9. The van der Waals surface area contributed by atoms with Crippen molar-refractivity contribution in [3.05, 3.63) is 41.0 Å². The largest absolute Gasteiger partial charge is 0.409 e. The quantitative estimate of drug-likeness (QED) is 0.260. The summed E-state index contributed by atoms with van der Waals surface area (Å²) >= 11 is 1.37. The highest BCUT2D eigenvalue weighted by molar-refractivity contribution is 7.98. The summed E-state index contributed by atoms with van der Waals surface area (Å²) in [6, 6.07) is 4.15. The second kappa shape index (κ2) is 5.70. The van der Waals surface area contributed by atoms with Crippen molar-refractivity contribution in [2.24, 2.45) is 10.9 Å². The molecule has 19 heavy (non-hydrogen) atoms. The van der Waals surface area contributed by atoms with Gasteiger partial charge < -0.3 is 10.9 Å². The lowest BCUT2D eigenvalue weighted by molar-refractivity contribution is 0.318. The third-order valence-corrected chi connectivity index (χ3v) is 3.29. The Morgan fingerprint density at radius 3 is 3.00 bits per heavy atom. The first-order valence-corrected chi connectivity index (χ1v) is 6.37. The zero-order chi connectivity index (χ0) is 13.8. The van der Waals surface area contributed by atoms with E-state index < -0.39 is 5.82 Å². The van der Waals surface area contributed by atoms with Crippen LogP contribution in [-0.4, -0.2) is 26.2 Å².